The molecule has 0 aliphatic carbocycles. The number of benzene rings is 4. The molecule has 6 rings (SSSR count). The van der Waals surface area contributed by atoms with Crippen LogP contribution in [0, 0.1) is 5.41 Å². The third kappa shape index (κ3) is 6.44. The number of fused-ring (bicyclic) bond motifs is 1. The highest BCUT2D eigenvalue weighted by Crippen LogP contribution is 2.36. The van der Waals surface area contributed by atoms with Crippen molar-refractivity contribution in [3.8, 4) is 5.75 Å². The Labute approximate surface area is 264 Å². The molecule has 0 saturated carbocycles. The Balaban J connectivity index is 1.25. The minimum atomic E-state index is -0.283. The van der Waals surface area contributed by atoms with E-state index < -0.39 is 0 Å². The molecule has 1 fully saturated rings. The maximum atomic E-state index is 12.7. The van der Waals surface area contributed by atoms with E-state index in [2.05, 4.69) is 36.5 Å². The quantitative estimate of drug-likeness (QED) is 0.105. The third-order valence-electron chi connectivity index (χ3n) is 8.37. The number of rotatable bonds is 11. The molecule has 2 aliphatic heterocycles. The molecule has 2 aliphatic rings. The Morgan fingerprint density at radius 3 is 2.22 bits per heavy atom. The fourth-order valence-electron chi connectivity index (χ4n) is 6.09. The lowest BCUT2D eigenvalue weighted by Crippen LogP contribution is -2.33. The van der Waals surface area contributed by atoms with Crippen LogP contribution in [-0.2, 0) is 4.74 Å². The summed E-state index contributed by atoms with van der Waals surface area (Å²) in [7, 11) is 0. The van der Waals surface area contributed by atoms with Crippen molar-refractivity contribution in [2.45, 2.75) is 38.8 Å². The van der Waals surface area contributed by atoms with Crippen molar-refractivity contribution >= 4 is 34.9 Å². The lowest BCUT2D eigenvalue weighted by molar-refractivity contribution is 0.0343. The Morgan fingerprint density at radius 1 is 0.889 bits per heavy atom. The van der Waals surface area contributed by atoms with Crippen molar-refractivity contribution in [1.29, 1.82) is 5.41 Å². The summed E-state index contributed by atoms with van der Waals surface area (Å²) in [5.41, 5.74) is 8.04. The van der Waals surface area contributed by atoms with E-state index >= 15 is 0 Å². The van der Waals surface area contributed by atoms with Crippen LogP contribution in [0.15, 0.2) is 97.1 Å². The first-order valence-corrected chi connectivity index (χ1v) is 15.6. The van der Waals surface area contributed by atoms with Crippen molar-refractivity contribution in [2.24, 2.45) is 0 Å². The number of carbonyl (C=O) groups excluding carboxylic acids is 2. The van der Waals surface area contributed by atoms with Gasteiger partial charge in [0.05, 0.1) is 17.7 Å². The maximum Gasteiger partial charge on any atom is 0.261 e. The fourth-order valence-corrected chi connectivity index (χ4v) is 6.09. The van der Waals surface area contributed by atoms with Gasteiger partial charge in [-0.1, -0.05) is 67.6 Å². The van der Waals surface area contributed by atoms with E-state index in [0.717, 1.165) is 65.8 Å². The van der Waals surface area contributed by atoms with Gasteiger partial charge in [-0.3, -0.25) is 14.5 Å². The summed E-state index contributed by atoms with van der Waals surface area (Å²) in [4.78, 5) is 26.6. The molecule has 2 amide bonds. The van der Waals surface area contributed by atoms with Gasteiger partial charge in [-0.2, -0.15) is 0 Å². The molecular formula is C38H37N3O4. The molecule has 1 unspecified atom stereocenters. The molecule has 4 aromatic rings. The van der Waals surface area contributed by atoms with Gasteiger partial charge in [-0.25, -0.2) is 0 Å². The van der Waals surface area contributed by atoms with Gasteiger partial charge in [0.2, 0.25) is 0 Å². The largest absolute Gasteiger partial charge is 0.492 e. The second-order valence-electron chi connectivity index (χ2n) is 11.2. The molecule has 4 aromatic carbocycles. The number of nitrogens with zero attached hydrogens (tertiary/aromatic N) is 1. The number of anilines is 1. The van der Waals surface area contributed by atoms with Crippen LogP contribution >= 0.6 is 0 Å². The number of imide groups is 1. The van der Waals surface area contributed by atoms with E-state index in [0.29, 0.717) is 16.9 Å². The zero-order chi connectivity index (χ0) is 31.2. The van der Waals surface area contributed by atoms with Crippen molar-refractivity contribution in [2.75, 3.05) is 25.1 Å². The summed E-state index contributed by atoms with van der Waals surface area (Å²) in [5, 5.41) is 11.7. The predicted octanol–water partition coefficient (Wildman–Crippen LogP) is 7.67. The van der Waals surface area contributed by atoms with Gasteiger partial charge in [0.15, 0.2) is 0 Å². The number of hydrogen-bond donors (Lipinski definition) is 2. The van der Waals surface area contributed by atoms with Crippen LogP contribution in [0.25, 0.3) is 11.1 Å². The Bertz CT molecular complexity index is 1690. The monoisotopic (exact) mass is 599 g/mol. The van der Waals surface area contributed by atoms with Crippen molar-refractivity contribution in [3.63, 3.8) is 0 Å². The number of nitrogens with one attached hydrogen (secondary N) is 2. The molecule has 7 nitrogen and oxygen atoms in total. The summed E-state index contributed by atoms with van der Waals surface area (Å²) in [6, 6.07) is 31.4. The first-order chi connectivity index (χ1) is 22.1. The van der Waals surface area contributed by atoms with E-state index in [1.807, 2.05) is 48.5 Å². The molecule has 0 spiro atoms. The maximum absolute atomic E-state index is 12.7. The molecule has 7 heteroatoms. The van der Waals surface area contributed by atoms with Crippen LogP contribution in [0.1, 0.15) is 75.6 Å². The Hall–Kier alpha value is -5.01. The van der Waals surface area contributed by atoms with Gasteiger partial charge in [0.1, 0.15) is 18.6 Å². The summed E-state index contributed by atoms with van der Waals surface area (Å²) < 4.78 is 11.9. The summed E-state index contributed by atoms with van der Waals surface area (Å²) >= 11 is 0. The van der Waals surface area contributed by atoms with Gasteiger partial charge in [-0.05, 0) is 89.9 Å². The number of ether oxygens (including phenoxy) is 2. The fraction of sp³-hybridized carbons (Fsp3) is 0.237. The van der Waals surface area contributed by atoms with Crippen molar-refractivity contribution in [1.82, 2.24) is 4.90 Å². The first kappa shape index (κ1) is 30.0. The van der Waals surface area contributed by atoms with E-state index in [1.54, 1.807) is 24.3 Å². The predicted molar refractivity (Wildman–Crippen MR) is 178 cm³/mol. The van der Waals surface area contributed by atoms with E-state index in [-0.39, 0.29) is 31.2 Å². The van der Waals surface area contributed by atoms with Crippen LogP contribution in [0.5, 0.6) is 5.75 Å². The highest BCUT2D eigenvalue weighted by atomic mass is 16.5. The smallest absolute Gasteiger partial charge is 0.261 e. The third-order valence-corrected chi connectivity index (χ3v) is 8.37. The standard InChI is InChI=1S/C38H37N3O4/c1-2-31(26-10-4-3-5-11-26)36(28-17-20-34(29(24-28)25-39)40-35-14-8-9-22-45-35)27-15-18-30(19-16-27)44-23-21-41-37(42)32-12-6-7-13-33(32)38(41)43/h3-7,10-13,15-20,24-25,35,39-40H,2,8-9,14,21-23H2,1H3/b36-31+,39-25?. The SMILES string of the molecule is CC/C(=C(/c1ccc(OCCN2C(=O)c3ccccc3C2=O)cc1)c1ccc(NC2CCCCO2)c(C=N)c1)c1ccccc1. The average Bonchev–Trinajstić information content (AvgIpc) is 3.33. The second kappa shape index (κ2) is 13.7. The summed E-state index contributed by atoms with van der Waals surface area (Å²) in [6.07, 6.45) is 5.32. The Morgan fingerprint density at radius 2 is 1.58 bits per heavy atom. The zero-order valence-corrected chi connectivity index (χ0v) is 25.4. The lowest BCUT2D eigenvalue weighted by atomic mass is 9.87. The van der Waals surface area contributed by atoms with Crippen LogP contribution in [0.4, 0.5) is 5.69 Å². The molecule has 45 heavy (non-hydrogen) atoms. The molecule has 228 valence electrons. The topological polar surface area (TPSA) is 91.7 Å². The first-order valence-electron chi connectivity index (χ1n) is 15.6. The number of allylic oxidation sites excluding steroid dienone is 1. The van der Waals surface area contributed by atoms with Gasteiger partial charge in [0.25, 0.3) is 11.8 Å². The van der Waals surface area contributed by atoms with Crippen LogP contribution in [-0.4, -0.2) is 48.9 Å². The van der Waals surface area contributed by atoms with Gasteiger partial charge < -0.3 is 20.2 Å². The Kier molecular flexibility index (Phi) is 9.17. The molecular weight excluding hydrogens is 562 g/mol. The highest BCUT2D eigenvalue weighted by Gasteiger charge is 2.34. The van der Waals surface area contributed by atoms with Crippen molar-refractivity contribution < 1.29 is 19.1 Å². The molecule has 1 atom stereocenters. The minimum absolute atomic E-state index is 0.0431. The summed E-state index contributed by atoms with van der Waals surface area (Å²) in [5.74, 6) is 0.0860. The van der Waals surface area contributed by atoms with E-state index in [1.165, 1.54) is 16.7 Å². The lowest BCUT2D eigenvalue weighted by Gasteiger charge is -2.25. The second-order valence-corrected chi connectivity index (χ2v) is 11.2. The summed E-state index contributed by atoms with van der Waals surface area (Å²) in [6.45, 7) is 3.28. The molecule has 2 heterocycles. The van der Waals surface area contributed by atoms with Crippen LogP contribution < -0.4 is 10.1 Å². The molecule has 2 N–H and O–H groups in total. The van der Waals surface area contributed by atoms with Gasteiger partial charge in [-0.15, -0.1) is 0 Å². The van der Waals surface area contributed by atoms with Crippen LogP contribution in [0.3, 0.4) is 0 Å². The van der Waals surface area contributed by atoms with Crippen LogP contribution in [0.2, 0.25) is 0 Å². The minimum Gasteiger partial charge on any atom is -0.492 e. The number of hydrogen-bond acceptors (Lipinski definition) is 6. The zero-order valence-electron chi connectivity index (χ0n) is 25.4. The number of carbonyl (C=O) groups is 2. The van der Waals surface area contributed by atoms with Gasteiger partial charge >= 0.3 is 0 Å². The van der Waals surface area contributed by atoms with Crippen molar-refractivity contribution in [3.05, 3.63) is 130 Å². The normalized spacial score (nSPS) is 16.6. The molecule has 1 saturated heterocycles. The number of amides is 2. The average molecular weight is 600 g/mol. The van der Waals surface area contributed by atoms with Gasteiger partial charge in [0, 0.05) is 24.1 Å². The highest BCUT2D eigenvalue weighted by molar-refractivity contribution is 6.21. The molecule has 0 bridgehead atoms. The molecule has 0 aromatic heterocycles. The van der Waals surface area contributed by atoms with E-state index in [9.17, 15) is 9.59 Å². The van der Waals surface area contributed by atoms with E-state index in [4.69, 9.17) is 14.9 Å². The molecule has 0 radical (unpaired) electrons.